The number of hydrogen-bond acceptors (Lipinski definition) is 7. The number of fused-ring (bicyclic) bond motifs is 3. The van der Waals surface area contributed by atoms with Gasteiger partial charge in [0.2, 0.25) is 5.91 Å². The third-order valence-electron chi connectivity index (χ3n) is 5.84. The van der Waals surface area contributed by atoms with Crippen LogP contribution in [0.25, 0.3) is 10.2 Å². The van der Waals surface area contributed by atoms with Gasteiger partial charge in [0.1, 0.15) is 4.83 Å². The van der Waals surface area contributed by atoms with Gasteiger partial charge in [0.05, 0.1) is 16.1 Å². The van der Waals surface area contributed by atoms with Crippen molar-refractivity contribution in [2.45, 2.75) is 44.8 Å². The molecule has 10 heteroatoms. The van der Waals surface area contributed by atoms with E-state index in [0.29, 0.717) is 23.3 Å². The molecular formula is C22H24N4O4S2. The van der Waals surface area contributed by atoms with E-state index in [-0.39, 0.29) is 22.9 Å². The maximum absolute atomic E-state index is 13.2. The Kier molecular flexibility index (Phi) is 6.34. The molecule has 1 aliphatic rings. The van der Waals surface area contributed by atoms with Crippen LogP contribution in [0.3, 0.4) is 0 Å². The smallest absolute Gasteiger partial charge is 0.269 e. The van der Waals surface area contributed by atoms with Crippen LogP contribution in [0.15, 0.2) is 34.2 Å². The van der Waals surface area contributed by atoms with Crippen molar-refractivity contribution < 1.29 is 9.72 Å². The Hall–Kier alpha value is -2.72. The third-order valence-corrected chi connectivity index (χ3v) is 7.95. The predicted octanol–water partition coefficient (Wildman–Crippen LogP) is 4.27. The predicted molar refractivity (Wildman–Crippen MR) is 128 cm³/mol. The topological polar surface area (TPSA) is 98.3 Å². The fourth-order valence-corrected chi connectivity index (χ4v) is 6.36. The van der Waals surface area contributed by atoms with Crippen LogP contribution in [0.4, 0.5) is 11.4 Å². The summed E-state index contributed by atoms with van der Waals surface area (Å²) in [7, 11) is 1.63. The lowest BCUT2D eigenvalue weighted by Crippen LogP contribution is -2.29. The number of aryl methyl sites for hydroxylation is 1. The standard InChI is InChI=1S/C22H24N4O4S2/c1-4-25-21(28)19-16-10-5-13(2)11-17(16)32-20(19)23-22(25)31-12-18(27)24(3)14-6-8-15(9-7-14)26(29)30/h6-9,13H,4-5,10-12H2,1-3H3. The van der Waals surface area contributed by atoms with E-state index >= 15 is 0 Å². The Labute approximate surface area is 193 Å². The molecule has 0 saturated heterocycles. The van der Waals surface area contributed by atoms with Gasteiger partial charge in [-0.05, 0) is 49.8 Å². The van der Waals surface area contributed by atoms with E-state index in [0.717, 1.165) is 35.0 Å². The Morgan fingerprint density at radius 1 is 1.38 bits per heavy atom. The molecule has 1 amide bonds. The van der Waals surface area contributed by atoms with Gasteiger partial charge in [0, 0.05) is 36.3 Å². The molecule has 0 bridgehead atoms. The van der Waals surface area contributed by atoms with Crippen LogP contribution in [0.2, 0.25) is 0 Å². The molecule has 168 valence electrons. The maximum atomic E-state index is 13.2. The largest absolute Gasteiger partial charge is 0.315 e. The summed E-state index contributed by atoms with van der Waals surface area (Å²) in [5.74, 6) is 0.540. The van der Waals surface area contributed by atoms with Crippen molar-refractivity contribution in [3.63, 3.8) is 0 Å². The third kappa shape index (κ3) is 4.16. The molecule has 2 heterocycles. The zero-order valence-electron chi connectivity index (χ0n) is 18.2. The number of nitro benzene ring substituents is 1. The minimum absolute atomic E-state index is 0.0248. The van der Waals surface area contributed by atoms with Crippen LogP contribution < -0.4 is 10.5 Å². The molecular weight excluding hydrogens is 448 g/mol. The van der Waals surface area contributed by atoms with Crippen LogP contribution in [-0.4, -0.2) is 33.2 Å². The second kappa shape index (κ2) is 9.03. The number of non-ortho nitro benzene ring substituents is 1. The molecule has 0 N–H and O–H groups in total. The quantitative estimate of drug-likeness (QED) is 0.230. The van der Waals surface area contributed by atoms with E-state index in [1.807, 2.05) is 6.92 Å². The minimum Gasteiger partial charge on any atom is -0.315 e. The van der Waals surface area contributed by atoms with Crippen molar-refractivity contribution in [2.24, 2.45) is 5.92 Å². The molecule has 0 fully saturated rings. The molecule has 3 aromatic rings. The fourth-order valence-electron chi connectivity index (χ4n) is 3.96. The number of carbonyl (C=O) groups excluding carboxylic acids is 1. The van der Waals surface area contributed by atoms with E-state index in [1.165, 1.54) is 33.7 Å². The first kappa shape index (κ1) is 22.5. The van der Waals surface area contributed by atoms with E-state index in [1.54, 1.807) is 35.1 Å². The summed E-state index contributed by atoms with van der Waals surface area (Å²) in [6.45, 7) is 4.63. The summed E-state index contributed by atoms with van der Waals surface area (Å²) in [5.41, 5.74) is 1.68. The highest BCUT2D eigenvalue weighted by Crippen LogP contribution is 2.36. The Morgan fingerprint density at radius 2 is 2.09 bits per heavy atom. The normalized spacial score (nSPS) is 15.5. The van der Waals surface area contributed by atoms with Gasteiger partial charge in [-0.2, -0.15) is 0 Å². The Balaban J connectivity index is 1.56. The van der Waals surface area contributed by atoms with Gasteiger partial charge >= 0.3 is 0 Å². The number of benzene rings is 1. The number of rotatable bonds is 6. The summed E-state index contributed by atoms with van der Waals surface area (Å²) in [5, 5.41) is 12.1. The summed E-state index contributed by atoms with van der Waals surface area (Å²) in [4.78, 5) is 44.6. The lowest BCUT2D eigenvalue weighted by atomic mass is 9.89. The highest BCUT2D eigenvalue weighted by Gasteiger charge is 2.25. The number of thioether (sulfide) groups is 1. The van der Waals surface area contributed by atoms with Crippen LogP contribution in [0.5, 0.6) is 0 Å². The number of nitrogens with zero attached hydrogens (tertiary/aromatic N) is 4. The highest BCUT2D eigenvalue weighted by molar-refractivity contribution is 7.99. The average molecular weight is 473 g/mol. The molecule has 1 aliphatic carbocycles. The first-order valence-electron chi connectivity index (χ1n) is 10.5. The molecule has 1 atom stereocenters. The Morgan fingerprint density at radius 3 is 2.75 bits per heavy atom. The van der Waals surface area contributed by atoms with E-state index in [9.17, 15) is 19.7 Å². The minimum atomic E-state index is -0.476. The summed E-state index contributed by atoms with van der Waals surface area (Å²) < 4.78 is 1.65. The van der Waals surface area contributed by atoms with Gasteiger partial charge in [-0.3, -0.25) is 24.3 Å². The second-order valence-electron chi connectivity index (χ2n) is 7.99. The summed E-state index contributed by atoms with van der Waals surface area (Å²) in [6, 6.07) is 5.83. The molecule has 0 spiro atoms. The average Bonchev–Trinajstić information content (AvgIpc) is 3.14. The van der Waals surface area contributed by atoms with Gasteiger partial charge in [-0.1, -0.05) is 18.7 Å². The van der Waals surface area contributed by atoms with Gasteiger partial charge < -0.3 is 4.90 Å². The molecule has 32 heavy (non-hydrogen) atoms. The second-order valence-corrected chi connectivity index (χ2v) is 10.0. The zero-order valence-corrected chi connectivity index (χ0v) is 19.8. The molecule has 0 radical (unpaired) electrons. The van der Waals surface area contributed by atoms with Crippen molar-refractivity contribution in [3.05, 3.63) is 55.2 Å². The lowest BCUT2D eigenvalue weighted by Gasteiger charge is -2.18. The highest BCUT2D eigenvalue weighted by atomic mass is 32.2. The van der Waals surface area contributed by atoms with Gasteiger partial charge in [0.25, 0.3) is 11.2 Å². The van der Waals surface area contributed by atoms with Crippen LogP contribution >= 0.6 is 23.1 Å². The van der Waals surface area contributed by atoms with Crippen molar-refractivity contribution >= 4 is 50.6 Å². The number of carbonyl (C=O) groups is 1. The van der Waals surface area contributed by atoms with E-state index in [2.05, 4.69) is 6.92 Å². The molecule has 0 aliphatic heterocycles. The first-order chi connectivity index (χ1) is 15.3. The van der Waals surface area contributed by atoms with E-state index in [4.69, 9.17) is 4.98 Å². The Bertz CT molecular complexity index is 1250. The van der Waals surface area contributed by atoms with E-state index < -0.39 is 4.92 Å². The monoisotopic (exact) mass is 472 g/mol. The molecule has 0 saturated carbocycles. The number of anilines is 1. The number of amides is 1. The number of nitro groups is 1. The fraction of sp³-hybridized carbons (Fsp3) is 0.409. The molecule has 8 nitrogen and oxygen atoms in total. The van der Waals surface area contributed by atoms with Crippen LogP contribution in [0, 0.1) is 16.0 Å². The summed E-state index contributed by atoms with van der Waals surface area (Å²) >= 11 is 2.85. The first-order valence-corrected chi connectivity index (χ1v) is 12.3. The molecule has 2 aromatic heterocycles. The van der Waals surface area contributed by atoms with Gasteiger partial charge in [0.15, 0.2) is 5.16 Å². The number of hydrogen-bond donors (Lipinski definition) is 0. The molecule has 4 rings (SSSR count). The molecule has 1 unspecified atom stereocenters. The van der Waals surface area contributed by atoms with Crippen LogP contribution in [0.1, 0.15) is 30.7 Å². The van der Waals surface area contributed by atoms with Crippen molar-refractivity contribution in [1.82, 2.24) is 9.55 Å². The van der Waals surface area contributed by atoms with Crippen molar-refractivity contribution in [1.29, 1.82) is 0 Å². The maximum Gasteiger partial charge on any atom is 0.269 e. The van der Waals surface area contributed by atoms with Crippen LogP contribution in [-0.2, 0) is 24.2 Å². The number of aromatic nitrogens is 2. The summed E-state index contributed by atoms with van der Waals surface area (Å²) in [6.07, 6.45) is 3.00. The molecule has 1 aromatic carbocycles. The zero-order chi connectivity index (χ0) is 23.0. The van der Waals surface area contributed by atoms with Crippen molar-refractivity contribution in [3.8, 4) is 0 Å². The van der Waals surface area contributed by atoms with Gasteiger partial charge in [-0.15, -0.1) is 11.3 Å². The number of thiophene rings is 1. The van der Waals surface area contributed by atoms with Crippen molar-refractivity contribution in [2.75, 3.05) is 17.7 Å². The van der Waals surface area contributed by atoms with Gasteiger partial charge in [-0.25, -0.2) is 4.98 Å². The SMILES string of the molecule is CCn1c(SCC(=O)N(C)c2ccc([N+](=O)[O-])cc2)nc2sc3c(c2c1=O)CCC(C)C3. The lowest BCUT2D eigenvalue weighted by molar-refractivity contribution is -0.384.